The Kier molecular flexibility index (Phi) is 1.70. The van der Waals surface area contributed by atoms with Gasteiger partial charge in [0.25, 0.3) is 0 Å². The average molecular weight is 176 g/mol. The summed E-state index contributed by atoms with van der Waals surface area (Å²) in [5, 5.41) is 1.15. The predicted octanol–water partition coefficient (Wildman–Crippen LogP) is 2.57. The maximum Gasteiger partial charge on any atom is 0.232 e. The summed E-state index contributed by atoms with van der Waals surface area (Å²) in [6.45, 7) is 2.05. The molecular formula is C10H8OS. The molecule has 1 aromatic heterocycles. The minimum atomic E-state index is 0.117. The van der Waals surface area contributed by atoms with Crippen molar-refractivity contribution in [3.63, 3.8) is 0 Å². The van der Waals surface area contributed by atoms with Gasteiger partial charge in [-0.1, -0.05) is 29.0 Å². The Morgan fingerprint density at radius 2 is 2.00 bits per heavy atom. The van der Waals surface area contributed by atoms with Crippen molar-refractivity contribution in [3.8, 4) is 0 Å². The van der Waals surface area contributed by atoms with Gasteiger partial charge in [-0.05, 0) is 30.5 Å². The van der Waals surface area contributed by atoms with Crippen molar-refractivity contribution in [3.05, 3.63) is 45.4 Å². The molecule has 0 bridgehead atoms. The van der Waals surface area contributed by atoms with Crippen LogP contribution in [0.5, 0.6) is 0 Å². The number of hydrogen-bond acceptors (Lipinski definition) is 2. The molecule has 0 fully saturated rings. The highest BCUT2D eigenvalue weighted by atomic mass is 32.1. The topological polar surface area (TPSA) is 17.1 Å². The minimum absolute atomic E-state index is 0.117. The van der Waals surface area contributed by atoms with Gasteiger partial charge in [0.15, 0.2) is 0 Å². The zero-order valence-electron chi connectivity index (χ0n) is 6.70. The Labute approximate surface area is 74.3 Å². The molecule has 60 valence electrons. The Hall–Kier alpha value is -1.15. The van der Waals surface area contributed by atoms with Gasteiger partial charge in [-0.2, -0.15) is 0 Å². The molecule has 0 spiro atoms. The molecule has 1 aromatic carbocycles. The summed E-state index contributed by atoms with van der Waals surface area (Å²) in [5.74, 6) is 0. The van der Waals surface area contributed by atoms with Crippen molar-refractivity contribution in [1.82, 2.24) is 0 Å². The van der Waals surface area contributed by atoms with Crippen molar-refractivity contribution in [1.29, 1.82) is 0 Å². The van der Waals surface area contributed by atoms with Crippen molar-refractivity contribution in [2.75, 3.05) is 0 Å². The summed E-state index contributed by atoms with van der Waals surface area (Å²) in [6.07, 6.45) is 0. The summed E-state index contributed by atoms with van der Waals surface area (Å²) < 4.78 is 1.18. The second kappa shape index (κ2) is 2.72. The van der Waals surface area contributed by atoms with Crippen molar-refractivity contribution in [2.45, 2.75) is 6.92 Å². The number of aryl methyl sites for hydroxylation is 1. The first-order chi connectivity index (χ1) is 5.75. The molecule has 0 saturated carbocycles. The van der Waals surface area contributed by atoms with Crippen LogP contribution < -0.4 is 4.74 Å². The van der Waals surface area contributed by atoms with Crippen LogP contribution in [0.4, 0.5) is 0 Å². The number of fused-ring (bicyclic) bond motifs is 1. The maximum absolute atomic E-state index is 11.0. The lowest BCUT2D eigenvalue weighted by Gasteiger charge is -1.95. The van der Waals surface area contributed by atoms with E-state index < -0.39 is 0 Å². The summed E-state index contributed by atoms with van der Waals surface area (Å²) in [6, 6.07) is 9.61. The van der Waals surface area contributed by atoms with Gasteiger partial charge < -0.3 is 0 Å². The largest absolute Gasteiger partial charge is 0.278 e. The van der Waals surface area contributed by atoms with Crippen LogP contribution in [0.2, 0.25) is 0 Å². The molecule has 2 heteroatoms. The number of hydrogen-bond donors (Lipinski definition) is 0. The predicted molar refractivity (Wildman–Crippen MR) is 52.8 cm³/mol. The molecule has 0 aliphatic rings. The molecule has 2 aromatic rings. The third kappa shape index (κ3) is 1.25. The molecular weight excluding hydrogens is 168 g/mol. The van der Waals surface area contributed by atoms with Gasteiger partial charge in [-0.3, -0.25) is 4.79 Å². The normalized spacial score (nSPS) is 10.4. The van der Waals surface area contributed by atoms with E-state index >= 15 is 0 Å². The molecule has 1 heterocycles. The van der Waals surface area contributed by atoms with Gasteiger partial charge in [-0.25, -0.2) is 0 Å². The third-order valence-electron chi connectivity index (χ3n) is 1.77. The Balaban J connectivity index is 2.87. The Bertz CT molecular complexity index is 470. The van der Waals surface area contributed by atoms with E-state index in [0.29, 0.717) is 0 Å². The second-order valence-electron chi connectivity index (χ2n) is 2.80. The fraction of sp³-hybridized carbons (Fsp3) is 0.100. The van der Waals surface area contributed by atoms with E-state index in [1.807, 2.05) is 18.2 Å². The van der Waals surface area contributed by atoms with Crippen LogP contribution in [-0.2, 0) is 0 Å². The summed E-state index contributed by atoms with van der Waals surface area (Å²) in [4.78, 5) is 11.0. The third-order valence-corrected chi connectivity index (χ3v) is 2.70. The van der Waals surface area contributed by atoms with Gasteiger partial charge in [0.1, 0.15) is 0 Å². The highest BCUT2D eigenvalue weighted by Crippen LogP contribution is 2.16. The van der Waals surface area contributed by atoms with Crippen LogP contribution in [0.3, 0.4) is 0 Å². The second-order valence-corrected chi connectivity index (χ2v) is 3.84. The first-order valence-electron chi connectivity index (χ1n) is 3.76. The Morgan fingerprint density at radius 3 is 2.83 bits per heavy atom. The van der Waals surface area contributed by atoms with Crippen LogP contribution in [0, 0.1) is 6.92 Å². The first-order valence-corrected chi connectivity index (χ1v) is 4.58. The molecule has 1 nitrogen and oxygen atoms in total. The molecule has 0 atom stereocenters. The van der Waals surface area contributed by atoms with E-state index in [2.05, 4.69) is 13.0 Å². The van der Waals surface area contributed by atoms with E-state index in [1.54, 1.807) is 6.07 Å². The van der Waals surface area contributed by atoms with Crippen LogP contribution >= 0.6 is 11.3 Å². The van der Waals surface area contributed by atoms with Crippen LogP contribution in [-0.4, -0.2) is 0 Å². The molecule has 0 aliphatic heterocycles. The van der Waals surface area contributed by atoms with Crippen LogP contribution in [0.15, 0.2) is 35.1 Å². The van der Waals surface area contributed by atoms with E-state index in [1.165, 1.54) is 16.9 Å². The zero-order valence-corrected chi connectivity index (χ0v) is 7.52. The minimum Gasteiger partial charge on any atom is -0.278 e. The summed E-state index contributed by atoms with van der Waals surface area (Å²) >= 11 is 1.29. The zero-order chi connectivity index (χ0) is 8.55. The van der Waals surface area contributed by atoms with Crippen molar-refractivity contribution < 1.29 is 0 Å². The monoisotopic (exact) mass is 176 g/mol. The van der Waals surface area contributed by atoms with Gasteiger partial charge in [0, 0.05) is 4.70 Å². The van der Waals surface area contributed by atoms with Crippen LogP contribution in [0.1, 0.15) is 5.56 Å². The maximum atomic E-state index is 11.0. The van der Waals surface area contributed by atoms with E-state index in [-0.39, 0.29) is 4.74 Å². The molecule has 0 radical (unpaired) electrons. The summed E-state index contributed by atoms with van der Waals surface area (Å²) in [5.41, 5.74) is 1.23. The molecule has 12 heavy (non-hydrogen) atoms. The smallest absolute Gasteiger partial charge is 0.232 e. The van der Waals surface area contributed by atoms with Crippen molar-refractivity contribution in [2.24, 2.45) is 0 Å². The van der Waals surface area contributed by atoms with Gasteiger partial charge in [0.2, 0.25) is 4.74 Å². The molecule has 0 N–H and O–H groups in total. The number of benzene rings is 1. The van der Waals surface area contributed by atoms with Crippen LogP contribution in [0.25, 0.3) is 10.1 Å². The van der Waals surface area contributed by atoms with Gasteiger partial charge in [-0.15, -0.1) is 0 Å². The summed E-state index contributed by atoms with van der Waals surface area (Å²) in [7, 11) is 0. The van der Waals surface area contributed by atoms with E-state index in [9.17, 15) is 4.79 Å². The highest BCUT2D eigenvalue weighted by Gasteiger charge is 1.93. The molecule has 0 saturated heterocycles. The first kappa shape index (κ1) is 7.50. The Morgan fingerprint density at radius 1 is 1.17 bits per heavy atom. The lowest BCUT2D eigenvalue weighted by molar-refractivity contribution is 1.51. The molecule has 0 aliphatic carbocycles. The number of rotatable bonds is 0. The fourth-order valence-electron chi connectivity index (χ4n) is 1.19. The fourth-order valence-corrected chi connectivity index (χ4v) is 1.93. The standard InChI is InChI=1S/C10H8OS/c1-7-2-4-9-8(6-7)3-5-10(11)12-9/h2-6H,1H3. The molecule has 0 unspecified atom stereocenters. The quantitative estimate of drug-likeness (QED) is 0.603. The van der Waals surface area contributed by atoms with E-state index in [4.69, 9.17) is 0 Å². The van der Waals surface area contributed by atoms with Gasteiger partial charge in [0.05, 0.1) is 0 Å². The lowest BCUT2D eigenvalue weighted by Crippen LogP contribution is -1.88. The highest BCUT2D eigenvalue weighted by molar-refractivity contribution is 7.16. The molecule has 0 amide bonds. The van der Waals surface area contributed by atoms with Gasteiger partial charge >= 0.3 is 0 Å². The SMILES string of the molecule is Cc1ccc2sc(=O)ccc2c1. The lowest BCUT2D eigenvalue weighted by atomic mass is 10.2. The molecule has 2 rings (SSSR count). The van der Waals surface area contributed by atoms with Crippen molar-refractivity contribution >= 4 is 21.4 Å². The van der Waals surface area contributed by atoms with E-state index in [0.717, 1.165) is 10.1 Å². The average Bonchev–Trinajstić information content (AvgIpc) is 2.05.